The fourth-order valence-corrected chi connectivity index (χ4v) is 4.89. The molecule has 0 saturated carbocycles. The summed E-state index contributed by atoms with van der Waals surface area (Å²) in [7, 11) is 3.23. The van der Waals surface area contributed by atoms with E-state index in [0.29, 0.717) is 41.1 Å². The molecule has 0 aliphatic carbocycles. The van der Waals surface area contributed by atoms with Crippen molar-refractivity contribution in [2.24, 2.45) is 7.05 Å². The molecule has 36 heavy (non-hydrogen) atoms. The Morgan fingerprint density at radius 1 is 1.03 bits per heavy atom. The summed E-state index contributed by atoms with van der Waals surface area (Å²) in [5.74, 6) is -0.189. The standard InChI is InChI=1S/C28H26N2O6/c1-16-12-24-26(28(34)30(16)11-10-17-4-7-19(31)8-5-17)21(15-25(32)36-24)22-13-18-6-9-20(35-3)14-23(18)29(2)27(22)33/h4-9,12-14,21,31H,10-11,15H2,1-3H3/t21-/m1/s1. The number of aryl methyl sites for hydroxylation is 3. The average molecular weight is 487 g/mol. The van der Waals surface area contributed by atoms with Crippen molar-refractivity contribution in [3.63, 3.8) is 0 Å². The topological polar surface area (TPSA) is 99.8 Å². The lowest BCUT2D eigenvalue weighted by Crippen LogP contribution is -2.36. The van der Waals surface area contributed by atoms with E-state index in [4.69, 9.17) is 9.47 Å². The van der Waals surface area contributed by atoms with E-state index >= 15 is 0 Å². The fourth-order valence-electron chi connectivity index (χ4n) is 4.89. The minimum absolute atomic E-state index is 0.0971. The number of fused-ring (bicyclic) bond motifs is 2. The number of rotatable bonds is 5. The second kappa shape index (κ2) is 9.03. The number of carbonyl (C=O) groups excluding carboxylic acids is 1. The van der Waals surface area contributed by atoms with Gasteiger partial charge in [-0.25, -0.2) is 0 Å². The number of ether oxygens (including phenoxy) is 2. The van der Waals surface area contributed by atoms with Gasteiger partial charge < -0.3 is 23.7 Å². The Bertz CT molecular complexity index is 1610. The molecule has 0 spiro atoms. The Morgan fingerprint density at radius 2 is 1.78 bits per heavy atom. The highest BCUT2D eigenvalue weighted by Gasteiger charge is 2.34. The number of aromatic hydroxyl groups is 1. The highest BCUT2D eigenvalue weighted by atomic mass is 16.5. The number of aromatic nitrogens is 2. The van der Waals surface area contributed by atoms with Gasteiger partial charge in [0.25, 0.3) is 11.1 Å². The van der Waals surface area contributed by atoms with Crippen LogP contribution < -0.4 is 20.6 Å². The van der Waals surface area contributed by atoms with Gasteiger partial charge in [-0.3, -0.25) is 14.4 Å². The van der Waals surface area contributed by atoms with Crippen LogP contribution >= 0.6 is 0 Å². The monoisotopic (exact) mass is 486 g/mol. The number of hydrogen-bond donors (Lipinski definition) is 1. The summed E-state index contributed by atoms with van der Waals surface area (Å²) in [6.07, 6.45) is 0.476. The van der Waals surface area contributed by atoms with E-state index in [0.717, 1.165) is 10.9 Å². The van der Waals surface area contributed by atoms with Gasteiger partial charge in [-0.15, -0.1) is 0 Å². The molecule has 1 aliphatic heterocycles. The Balaban J connectivity index is 1.62. The van der Waals surface area contributed by atoms with Crippen LogP contribution in [0.25, 0.3) is 10.9 Å². The molecule has 0 bridgehead atoms. The van der Waals surface area contributed by atoms with Gasteiger partial charge in [0, 0.05) is 42.9 Å². The molecule has 0 saturated heterocycles. The first-order chi connectivity index (χ1) is 17.3. The normalized spacial score (nSPS) is 15.0. The molecular formula is C28H26N2O6. The predicted molar refractivity (Wildman–Crippen MR) is 135 cm³/mol. The summed E-state index contributed by atoms with van der Waals surface area (Å²) in [6, 6.07) is 15.7. The molecule has 0 fully saturated rings. The van der Waals surface area contributed by atoms with E-state index in [1.807, 2.05) is 18.2 Å². The van der Waals surface area contributed by atoms with Crippen LogP contribution in [0.2, 0.25) is 0 Å². The Hall–Kier alpha value is -4.33. The maximum absolute atomic E-state index is 13.7. The summed E-state index contributed by atoms with van der Waals surface area (Å²) in [5.41, 5.74) is 2.45. The lowest BCUT2D eigenvalue weighted by Gasteiger charge is -2.26. The second-order valence-electron chi connectivity index (χ2n) is 9.06. The zero-order valence-corrected chi connectivity index (χ0v) is 20.3. The molecule has 4 aromatic rings. The van der Waals surface area contributed by atoms with Crippen LogP contribution in [-0.4, -0.2) is 27.3 Å². The highest BCUT2D eigenvalue weighted by molar-refractivity contribution is 5.83. The number of pyridine rings is 2. The molecule has 3 heterocycles. The van der Waals surface area contributed by atoms with Crippen molar-refractivity contribution in [2.75, 3.05) is 7.11 Å². The third kappa shape index (κ3) is 4.04. The average Bonchev–Trinajstić information content (AvgIpc) is 2.86. The number of hydrogen-bond acceptors (Lipinski definition) is 6. The smallest absolute Gasteiger partial charge is 0.312 e. The maximum atomic E-state index is 13.7. The number of benzene rings is 2. The van der Waals surface area contributed by atoms with Crippen molar-refractivity contribution in [3.8, 4) is 17.2 Å². The van der Waals surface area contributed by atoms with E-state index in [2.05, 4.69) is 0 Å². The molecule has 8 heteroatoms. The lowest BCUT2D eigenvalue weighted by atomic mass is 9.87. The SMILES string of the molecule is COc1ccc2cc([C@H]3CC(=O)Oc4cc(C)n(CCc5ccc(O)cc5)c(=O)c43)c(=O)n(C)c2c1. The van der Waals surface area contributed by atoms with Gasteiger partial charge in [-0.05, 0) is 54.6 Å². The van der Waals surface area contributed by atoms with Gasteiger partial charge in [-0.1, -0.05) is 12.1 Å². The second-order valence-corrected chi connectivity index (χ2v) is 9.06. The van der Waals surface area contributed by atoms with Gasteiger partial charge in [0.15, 0.2) is 0 Å². The zero-order valence-electron chi connectivity index (χ0n) is 20.3. The Kier molecular flexibility index (Phi) is 5.88. The predicted octanol–water partition coefficient (Wildman–Crippen LogP) is 3.41. The first kappa shape index (κ1) is 23.4. The summed E-state index contributed by atoms with van der Waals surface area (Å²) in [5, 5.41) is 10.3. The minimum Gasteiger partial charge on any atom is -0.508 e. The number of phenolic OH excluding ortho intramolecular Hbond substituents is 1. The Labute approximate surface area is 207 Å². The maximum Gasteiger partial charge on any atom is 0.312 e. The van der Waals surface area contributed by atoms with Crippen molar-refractivity contribution in [1.82, 2.24) is 9.13 Å². The van der Waals surface area contributed by atoms with Gasteiger partial charge >= 0.3 is 5.97 Å². The molecule has 5 rings (SSSR count). The van der Waals surface area contributed by atoms with Crippen LogP contribution in [0.4, 0.5) is 0 Å². The molecule has 0 amide bonds. The van der Waals surface area contributed by atoms with E-state index < -0.39 is 11.9 Å². The van der Waals surface area contributed by atoms with Crippen LogP contribution in [0, 0.1) is 6.92 Å². The molecule has 2 aromatic carbocycles. The van der Waals surface area contributed by atoms with E-state index in [9.17, 15) is 19.5 Å². The Morgan fingerprint density at radius 3 is 2.50 bits per heavy atom. The molecule has 1 N–H and O–H groups in total. The molecule has 2 aromatic heterocycles. The largest absolute Gasteiger partial charge is 0.508 e. The molecule has 184 valence electrons. The lowest BCUT2D eigenvalue weighted by molar-refractivity contribution is -0.135. The molecule has 0 radical (unpaired) electrons. The summed E-state index contributed by atoms with van der Waals surface area (Å²) in [4.78, 5) is 39.7. The van der Waals surface area contributed by atoms with Crippen LogP contribution in [0.1, 0.15) is 34.7 Å². The summed E-state index contributed by atoms with van der Waals surface area (Å²) >= 11 is 0. The quantitative estimate of drug-likeness (QED) is 0.434. The zero-order chi connectivity index (χ0) is 25.6. The highest BCUT2D eigenvalue weighted by Crippen LogP contribution is 2.37. The number of phenols is 1. The molecular weight excluding hydrogens is 460 g/mol. The number of methoxy groups -OCH3 is 1. The van der Waals surface area contributed by atoms with Crippen LogP contribution in [0.5, 0.6) is 17.2 Å². The van der Waals surface area contributed by atoms with E-state index in [-0.39, 0.29) is 29.0 Å². The third-order valence-corrected chi connectivity index (χ3v) is 6.85. The summed E-state index contributed by atoms with van der Waals surface area (Å²) < 4.78 is 13.9. The molecule has 1 aliphatic rings. The number of carbonyl (C=O) groups is 1. The van der Waals surface area contributed by atoms with Gasteiger partial charge in [0.2, 0.25) is 0 Å². The van der Waals surface area contributed by atoms with Crippen molar-refractivity contribution in [2.45, 2.75) is 32.2 Å². The third-order valence-electron chi connectivity index (χ3n) is 6.85. The molecule has 0 unspecified atom stereocenters. The number of esters is 1. The van der Waals surface area contributed by atoms with E-state index in [1.54, 1.807) is 62.0 Å². The van der Waals surface area contributed by atoms with Crippen LogP contribution in [-0.2, 0) is 24.8 Å². The minimum atomic E-state index is -0.723. The van der Waals surface area contributed by atoms with Crippen LogP contribution in [0.3, 0.4) is 0 Å². The van der Waals surface area contributed by atoms with Crippen molar-refractivity contribution in [1.29, 1.82) is 0 Å². The van der Waals surface area contributed by atoms with Gasteiger partial charge in [-0.2, -0.15) is 0 Å². The van der Waals surface area contributed by atoms with Crippen molar-refractivity contribution in [3.05, 3.63) is 97.7 Å². The number of nitrogens with zero attached hydrogens (tertiary/aromatic N) is 2. The van der Waals surface area contributed by atoms with E-state index in [1.165, 1.54) is 4.57 Å². The fraction of sp³-hybridized carbons (Fsp3) is 0.250. The van der Waals surface area contributed by atoms with Gasteiger partial charge in [0.05, 0.1) is 24.6 Å². The first-order valence-electron chi connectivity index (χ1n) is 11.7. The van der Waals surface area contributed by atoms with Crippen molar-refractivity contribution >= 4 is 16.9 Å². The molecule has 1 atom stereocenters. The first-order valence-corrected chi connectivity index (χ1v) is 11.7. The van der Waals surface area contributed by atoms with Crippen molar-refractivity contribution < 1.29 is 19.4 Å². The van der Waals surface area contributed by atoms with Crippen LogP contribution in [0.15, 0.2) is 64.2 Å². The van der Waals surface area contributed by atoms with Gasteiger partial charge in [0.1, 0.15) is 17.2 Å². The summed E-state index contributed by atoms with van der Waals surface area (Å²) in [6.45, 7) is 2.19. The molecule has 8 nitrogen and oxygen atoms in total.